The first-order valence-electron chi connectivity index (χ1n) is 9.11. The highest BCUT2D eigenvalue weighted by Gasteiger charge is 2.17. The number of aromatic nitrogens is 2. The van der Waals surface area contributed by atoms with Crippen molar-refractivity contribution in [2.75, 3.05) is 11.9 Å². The summed E-state index contributed by atoms with van der Waals surface area (Å²) in [5.41, 5.74) is 1.17. The fraction of sp³-hybridized carbons (Fsp3) is 0.200. The van der Waals surface area contributed by atoms with Gasteiger partial charge in [0.2, 0.25) is 11.7 Å². The molecule has 3 rings (SSSR count). The SMILES string of the molecule is Cc1ccc(NC(=O)COC(=O)CCc2nc(-c3ccc(Cl)cc3)no2)c([N+](=O)[O-])c1. The van der Waals surface area contributed by atoms with Crippen molar-refractivity contribution >= 4 is 34.9 Å². The van der Waals surface area contributed by atoms with Gasteiger partial charge in [-0.05, 0) is 42.8 Å². The van der Waals surface area contributed by atoms with Gasteiger partial charge in [-0.2, -0.15) is 4.98 Å². The summed E-state index contributed by atoms with van der Waals surface area (Å²) in [4.78, 5) is 38.6. The molecular weight excluding hydrogens is 428 g/mol. The maximum atomic E-state index is 12.0. The molecule has 10 nitrogen and oxygen atoms in total. The van der Waals surface area contributed by atoms with Crippen LogP contribution in [-0.4, -0.2) is 33.5 Å². The lowest BCUT2D eigenvalue weighted by molar-refractivity contribution is -0.384. The van der Waals surface area contributed by atoms with E-state index in [-0.39, 0.29) is 30.1 Å². The molecule has 0 saturated carbocycles. The molecule has 0 atom stereocenters. The number of benzene rings is 2. The number of halogens is 1. The van der Waals surface area contributed by atoms with Crippen LogP contribution in [0.15, 0.2) is 47.0 Å². The predicted molar refractivity (Wildman–Crippen MR) is 110 cm³/mol. The van der Waals surface area contributed by atoms with E-state index in [1.165, 1.54) is 12.1 Å². The van der Waals surface area contributed by atoms with Crippen molar-refractivity contribution in [1.82, 2.24) is 10.1 Å². The molecule has 1 aromatic heterocycles. The number of carbonyl (C=O) groups is 2. The Morgan fingerprint density at radius 1 is 1.23 bits per heavy atom. The molecule has 0 aliphatic carbocycles. The summed E-state index contributed by atoms with van der Waals surface area (Å²) in [6, 6.07) is 11.2. The molecular formula is C20H17ClN4O6. The monoisotopic (exact) mass is 444 g/mol. The minimum absolute atomic E-state index is 0.0252. The van der Waals surface area contributed by atoms with Crippen molar-refractivity contribution in [3.63, 3.8) is 0 Å². The normalized spacial score (nSPS) is 10.5. The van der Waals surface area contributed by atoms with Gasteiger partial charge in [0, 0.05) is 23.1 Å². The molecule has 0 unspecified atom stereocenters. The quantitative estimate of drug-likeness (QED) is 0.315. The van der Waals surface area contributed by atoms with Crippen LogP contribution in [0.1, 0.15) is 17.9 Å². The van der Waals surface area contributed by atoms with Gasteiger partial charge in [0.05, 0.1) is 11.3 Å². The molecule has 3 aromatic rings. The van der Waals surface area contributed by atoms with Gasteiger partial charge < -0.3 is 14.6 Å². The minimum Gasteiger partial charge on any atom is -0.456 e. The number of esters is 1. The topological polar surface area (TPSA) is 137 Å². The van der Waals surface area contributed by atoms with E-state index >= 15 is 0 Å². The number of carbonyl (C=O) groups excluding carboxylic acids is 2. The summed E-state index contributed by atoms with van der Waals surface area (Å²) in [7, 11) is 0. The summed E-state index contributed by atoms with van der Waals surface area (Å²) in [6.45, 7) is 1.12. The molecule has 11 heteroatoms. The first-order valence-corrected chi connectivity index (χ1v) is 9.48. The summed E-state index contributed by atoms with van der Waals surface area (Å²) >= 11 is 5.84. The number of nitro benzene ring substituents is 1. The first kappa shape index (κ1) is 21.9. The van der Waals surface area contributed by atoms with Crippen LogP contribution in [0.3, 0.4) is 0 Å². The molecule has 1 N–H and O–H groups in total. The van der Waals surface area contributed by atoms with Gasteiger partial charge in [-0.1, -0.05) is 22.8 Å². The maximum Gasteiger partial charge on any atom is 0.306 e. The second kappa shape index (κ2) is 9.81. The number of ether oxygens (including phenoxy) is 1. The maximum absolute atomic E-state index is 12.0. The Morgan fingerprint density at radius 2 is 1.97 bits per heavy atom. The van der Waals surface area contributed by atoms with Crippen molar-refractivity contribution in [2.24, 2.45) is 0 Å². The summed E-state index contributed by atoms with van der Waals surface area (Å²) in [6.07, 6.45) is 0.0463. The zero-order chi connectivity index (χ0) is 22.4. The van der Waals surface area contributed by atoms with E-state index in [1.54, 1.807) is 37.3 Å². The lowest BCUT2D eigenvalue weighted by Crippen LogP contribution is -2.21. The molecule has 160 valence electrons. The summed E-state index contributed by atoms with van der Waals surface area (Å²) in [5, 5.41) is 17.9. The van der Waals surface area contributed by atoms with E-state index in [0.29, 0.717) is 22.0 Å². The first-order chi connectivity index (χ1) is 14.8. The number of nitrogens with zero attached hydrogens (tertiary/aromatic N) is 3. The highest BCUT2D eigenvalue weighted by atomic mass is 35.5. The van der Waals surface area contributed by atoms with E-state index in [1.807, 2.05) is 0 Å². The van der Waals surface area contributed by atoms with Gasteiger partial charge in [-0.15, -0.1) is 0 Å². The third kappa shape index (κ3) is 6.09. The number of anilines is 1. The zero-order valence-electron chi connectivity index (χ0n) is 16.3. The number of aryl methyl sites for hydroxylation is 2. The van der Waals surface area contributed by atoms with Gasteiger partial charge >= 0.3 is 5.97 Å². The summed E-state index contributed by atoms with van der Waals surface area (Å²) in [5.74, 6) is -0.747. The molecule has 0 aliphatic rings. The van der Waals surface area contributed by atoms with E-state index in [0.717, 1.165) is 0 Å². The number of nitro groups is 1. The van der Waals surface area contributed by atoms with Crippen molar-refractivity contribution in [3.05, 3.63) is 69.1 Å². The van der Waals surface area contributed by atoms with Crippen LogP contribution in [-0.2, 0) is 20.7 Å². The highest BCUT2D eigenvalue weighted by Crippen LogP contribution is 2.25. The number of hydrogen-bond acceptors (Lipinski definition) is 8. The van der Waals surface area contributed by atoms with Crippen LogP contribution in [0.5, 0.6) is 0 Å². The van der Waals surface area contributed by atoms with Gasteiger partial charge in [-0.3, -0.25) is 19.7 Å². The lowest BCUT2D eigenvalue weighted by Gasteiger charge is -2.07. The Hall–Kier alpha value is -3.79. The van der Waals surface area contributed by atoms with Crippen molar-refractivity contribution in [3.8, 4) is 11.4 Å². The van der Waals surface area contributed by atoms with Gasteiger partial charge in [-0.25, -0.2) is 0 Å². The molecule has 0 saturated heterocycles. The number of hydrogen-bond donors (Lipinski definition) is 1. The van der Waals surface area contributed by atoms with E-state index in [9.17, 15) is 19.7 Å². The van der Waals surface area contributed by atoms with Crippen molar-refractivity contribution < 1.29 is 23.8 Å². The third-order valence-corrected chi connectivity index (χ3v) is 4.35. The molecule has 0 aliphatic heterocycles. The number of nitrogens with one attached hydrogen (secondary N) is 1. The molecule has 0 bridgehead atoms. The average Bonchev–Trinajstić information content (AvgIpc) is 3.21. The molecule has 0 radical (unpaired) electrons. The Kier molecular flexibility index (Phi) is 6.93. The van der Waals surface area contributed by atoms with Gasteiger partial charge in [0.1, 0.15) is 5.69 Å². The lowest BCUT2D eigenvalue weighted by atomic mass is 10.2. The van der Waals surface area contributed by atoms with Crippen LogP contribution < -0.4 is 5.32 Å². The Balaban J connectivity index is 1.47. The Bertz CT molecular complexity index is 1110. The van der Waals surface area contributed by atoms with Crippen molar-refractivity contribution in [1.29, 1.82) is 0 Å². The smallest absolute Gasteiger partial charge is 0.306 e. The van der Waals surface area contributed by atoms with Gasteiger partial charge in [0.25, 0.3) is 11.6 Å². The molecule has 0 spiro atoms. The Morgan fingerprint density at radius 3 is 2.68 bits per heavy atom. The average molecular weight is 445 g/mol. The van der Waals surface area contributed by atoms with Crippen LogP contribution in [0.25, 0.3) is 11.4 Å². The van der Waals surface area contributed by atoms with Crippen molar-refractivity contribution in [2.45, 2.75) is 19.8 Å². The fourth-order valence-corrected chi connectivity index (χ4v) is 2.71. The van der Waals surface area contributed by atoms with Gasteiger partial charge in [0.15, 0.2) is 6.61 Å². The predicted octanol–water partition coefficient (Wildman–Crippen LogP) is 3.72. The van der Waals surface area contributed by atoms with Crippen LogP contribution in [0, 0.1) is 17.0 Å². The molecule has 0 fully saturated rings. The second-order valence-electron chi connectivity index (χ2n) is 6.51. The van der Waals surface area contributed by atoms with Crippen LogP contribution >= 0.6 is 11.6 Å². The minimum atomic E-state index is -0.692. The third-order valence-electron chi connectivity index (χ3n) is 4.10. The van der Waals surface area contributed by atoms with E-state index < -0.39 is 23.4 Å². The second-order valence-corrected chi connectivity index (χ2v) is 6.94. The number of rotatable bonds is 8. The molecule has 31 heavy (non-hydrogen) atoms. The van der Waals surface area contributed by atoms with Crippen LogP contribution in [0.2, 0.25) is 5.02 Å². The summed E-state index contributed by atoms with van der Waals surface area (Å²) < 4.78 is 10.0. The molecule has 1 heterocycles. The molecule has 1 amide bonds. The number of amides is 1. The van der Waals surface area contributed by atoms with Crippen LogP contribution in [0.4, 0.5) is 11.4 Å². The van der Waals surface area contributed by atoms with E-state index in [2.05, 4.69) is 15.5 Å². The molecule has 2 aromatic carbocycles. The zero-order valence-corrected chi connectivity index (χ0v) is 17.1. The standard InChI is InChI=1S/C20H17ClN4O6/c1-12-2-7-15(16(10-12)25(28)29)22-17(26)11-30-19(27)9-8-18-23-20(24-31-18)13-3-5-14(21)6-4-13/h2-7,10H,8-9,11H2,1H3,(H,22,26). The highest BCUT2D eigenvalue weighted by molar-refractivity contribution is 6.30. The fourth-order valence-electron chi connectivity index (χ4n) is 2.58. The largest absolute Gasteiger partial charge is 0.456 e. The Labute approximate surface area is 181 Å². The van der Waals surface area contributed by atoms with E-state index in [4.69, 9.17) is 20.9 Å².